The van der Waals surface area contributed by atoms with Crippen molar-refractivity contribution in [3.63, 3.8) is 0 Å². The van der Waals surface area contributed by atoms with Crippen LogP contribution in [0.1, 0.15) is 18.2 Å². The number of rotatable bonds is 6. The second-order valence-electron chi connectivity index (χ2n) is 13.1. The van der Waals surface area contributed by atoms with E-state index < -0.39 is 0 Å². The highest BCUT2D eigenvalue weighted by atomic mass is 15.2. The molecule has 0 spiro atoms. The second-order valence-corrected chi connectivity index (χ2v) is 13.1. The molecule has 0 radical (unpaired) electrons. The van der Waals surface area contributed by atoms with E-state index in [0.717, 1.165) is 56.0 Å². The zero-order chi connectivity index (χ0) is 34.8. The van der Waals surface area contributed by atoms with Crippen LogP contribution in [0.3, 0.4) is 0 Å². The van der Waals surface area contributed by atoms with Gasteiger partial charge in [0.25, 0.3) is 0 Å². The quantitative estimate of drug-likeness (QED) is 0.177. The molecular formula is C47H33N5. The molecule has 5 heteroatoms. The van der Waals surface area contributed by atoms with Crippen LogP contribution < -0.4 is 0 Å². The maximum Gasteiger partial charge on any atom is 0.237 e. The van der Waals surface area contributed by atoms with Crippen LogP contribution in [0, 0.1) is 0 Å². The number of benzene rings is 6. The Morgan fingerprint density at radius 3 is 1.46 bits per heavy atom. The highest BCUT2D eigenvalue weighted by molar-refractivity contribution is 6.10. The van der Waals surface area contributed by atoms with Crippen LogP contribution in [-0.4, -0.2) is 23.7 Å². The minimum absolute atomic E-state index is 0.586. The average molecular weight is 668 g/mol. The van der Waals surface area contributed by atoms with E-state index in [9.17, 15) is 0 Å². The lowest BCUT2D eigenvalue weighted by molar-refractivity contribution is 0.926. The van der Waals surface area contributed by atoms with Crippen molar-refractivity contribution in [1.29, 1.82) is 0 Å². The first-order valence-corrected chi connectivity index (χ1v) is 17.6. The van der Waals surface area contributed by atoms with Gasteiger partial charge in [-0.25, -0.2) is 4.98 Å². The fourth-order valence-electron chi connectivity index (χ4n) is 7.98. The Balaban J connectivity index is 1.23. The number of aromatic nitrogens is 5. The molecular weight excluding hydrogens is 635 g/mol. The summed E-state index contributed by atoms with van der Waals surface area (Å²) in [6, 6.07) is 53.6. The third kappa shape index (κ3) is 4.42. The highest BCUT2D eigenvalue weighted by Crippen LogP contribution is 2.36. The zero-order valence-corrected chi connectivity index (χ0v) is 28.6. The van der Waals surface area contributed by atoms with Crippen LogP contribution in [0.15, 0.2) is 164 Å². The van der Waals surface area contributed by atoms with Crippen LogP contribution in [0.4, 0.5) is 0 Å². The molecule has 0 aliphatic carbocycles. The summed E-state index contributed by atoms with van der Waals surface area (Å²) in [5, 5.41) is 5.98. The van der Waals surface area contributed by atoms with Crippen LogP contribution >= 0.6 is 0 Å². The lowest BCUT2D eigenvalue weighted by Gasteiger charge is -2.14. The van der Waals surface area contributed by atoms with E-state index in [1.807, 2.05) is 13.0 Å². The molecule has 52 heavy (non-hydrogen) atoms. The Kier molecular flexibility index (Phi) is 6.80. The van der Waals surface area contributed by atoms with Crippen molar-refractivity contribution in [3.8, 4) is 28.7 Å². The third-order valence-corrected chi connectivity index (χ3v) is 10.2. The Bertz CT molecular complexity index is 2940. The maximum atomic E-state index is 5.37. The van der Waals surface area contributed by atoms with Gasteiger partial charge in [0.2, 0.25) is 5.95 Å². The van der Waals surface area contributed by atoms with E-state index in [1.54, 1.807) is 0 Å². The maximum absolute atomic E-state index is 5.37. The number of hydrogen-bond acceptors (Lipinski definition) is 2. The Hall–Kier alpha value is -6.98. The number of hydrogen-bond donors (Lipinski definition) is 0. The minimum atomic E-state index is 0.586. The van der Waals surface area contributed by atoms with Gasteiger partial charge in [-0.3, -0.25) is 9.13 Å². The van der Waals surface area contributed by atoms with Crippen LogP contribution in [0.2, 0.25) is 0 Å². The molecule has 0 saturated carbocycles. The molecule has 0 unspecified atom stereocenters. The van der Waals surface area contributed by atoms with Gasteiger partial charge in [-0.15, -0.1) is 0 Å². The van der Waals surface area contributed by atoms with Crippen molar-refractivity contribution in [2.75, 3.05) is 0 Å². The normalized spacial score (nSPS) is 11.9. The van der Waals surface area contributed by atoms with Gasteiger partial charge in [0, 0.05) is 49.8 Å². The molecule has 4 heterocycles. The standard InChI is InChI=1S/C47H33N5/c1-3-15-33-34-16-9-14-25-45(34)52(40(33)4-2)47-48-39(30-46(49-47)51-43-23-12-7-19-37(43)38-20-8-13-24-44(38)51)31-26-28-32(29-27-31)50-41-21-10-5-17-35(41)36-18-6-11-22-42(36)50/h3-30H,2H2,1H3/b15-3-. The smallest absolute Gasteiger partial charge is 0.237 e. The molecule has 0 N–H and O–H groups in total. The van der Waals surface area contributed by atoms with Gasteiger partial charge in [-0.05, 0) is 55.5 Å². The van der Waals surface area contributed by atoms with Crippen molar-refractivity contribution < 1.29 is 0 Å². The summed E-state index contributed by atoms with van der Waals surface area (Å²) in [5.74, 6) is 1.38. The van der Waals surface area contributed by atoms with Crippen molar-refractivity contribution >= 4 is 66.7 Å². The molecule has 0 bridgehead atoms. The Morgan fingerprint density at radius 1 is 0.500 bits per heavy atom. The van der Waals surface area contributed by atoms with E-state index in [2.05, 4.69) is 184 Å². The number of allylic oxidation sites excluding steroid dienone is 1. The zero-order valence-electron chi connectivity index (χ0n) is 28.6. The number of fused-ring (bicyclic) bond motifs is 7. The lowest BCUT2D eigenvalue weighted by atomic mass is 10.1. The molecule has 6 aromatic carbocycles. The minimum Gasteiger partial charge on any atom is -0.309 e. The molecule has 246 valence electrons. The predicted octanol–water partition coefficient (Wildman–Crippen LogP) is 12.0. The van der Waals surface area contributed by atoms with Crippen molar-refractivity contribution in [3.05, 3.63) is 176 Å². The van der Waals surface area contributed by atoms with Crippen LogP contribution in [-0.2, 0) is 0 Å². The van der Waals surface area contributed by atoms with Gasteiger partial charge in [0.15, 0.2) is 0 Å². The van der Waals surface area contributed by atoms with Crippen molar-refractivity contribution in [2.45, 2.75) is 6.92 Å². The summed E-state index contributed by atoms with van der Waals surface area (Å²) in [7, 11) is 0. The van der Waals surface area contributed by atoms with Crippen LogP contribution in [0.25, 0.3) is 95.4 Å². The van der Waals surface area contributed by atoms with Crippen molar-refractivity contribution in [2.24, 2.45) is 0 Å². The first kappa shape index (κ1) is 29.9. The average Bonchev–Trinajstić information content (AvgIpc) is 3.84. The summed E-state index contributed by atoms with van der Waals surface area (Å²) in [4.78, 5) is 10.7. The fourth-order valence-corrected chi connectivity index (χ4v) is 7.98. The van der Waals surface area contributed by atoms with Crippen LogP contribution in [0.5, 0.6) is 0 Å². The highest BCUT2D eigenvalue weighted by Gasteiger charge is 2.21. The van der Waals surface area contributed by atoms with Crippen molar-refractivity contribution in [1.82, 2.24) is 23.7 Å². The van der Waals surface area contributed by atoms with Gasteiger partial charge < -0.3 is 4.57 Å². The van der Waals surface area contributed by atoms with E-state index in [4.69, 9.17) is 9.97 Å². The van der Waals surface area contributed by atoms with Gasteiger partial charge >= 0.3 is 0 Å². The summed E-state index contributed by atoms with van der Waals surface area (Å²) in [6.07, 6.45) is 6.12. The predicted molar refractivity (Wildman–Crippen MR) is 218 cm³/mol. The topological polar surface area (TPSA) is 40.6 Å². The number of nitrogens with zero attached hydrogens (tertiary/aromatic N) is 5. The summed E-state index contributed by atoms with van der Waals surface area (Å²) >= 11 is 0. The Morgan fingerprint density at radius 2 is 0.962 bits per heavy atom. The molecule has 0 fully saturated rings. The Labute approximate surface area is 300 Å². The number of para-hydroxylation sites is 5. The summed E-state index contributed by atoms with van der Waals surface area (Å²) in [5.41, 5.74) is 10.6. The first-order chi connectivity index (χ1) is 25.7. The summed E-state index contributed by atoms with van der Waals surface area (Å²) < 4.78 is 6.75. The second kappa shape index (κ2) is 11.8. The molecule has 10 rings (SSSR count). The lowest BCUT2D eigenvalue weighted by Crippen LogP contribution is -2.08. The molecule has 4 aromatic heterocycles. The largest absolute Gasteiger partial charge is 0.309 e. The van der Waals surface area contributed by atoms with Gasteiger partial charge in [0.1, 0.15) is 5.82 Å². The fraction of sp³-hybridized carbons (Fsp3) is 0.0213. The van der Waals surface area contributed by atoms with Gasteiger partial charge in [0.05, 0.1) is 39.0 Å². The molecule has 0 aliphatic heterocycles. The van der Waals surface area contributed by atoms with Gasteiger partial charge in [-0.2, -0.15) is 4.98 Å². The SMILES string of the molecule is C=Cc1c(/C=C\C)c2ccccc2n1-c1nc(-c2ccc(-n3c4ccccc4c4ccccc43)cc2)cc(-n2c3ccccc3c3ccccc32)n1. The molecule has 0 atom stereocenters. The molecule has 0 amide bonds. The van der Waals surface area contributed by atoms with E-state index in [0.29, 0.717) is 5.95 Å². The van der Waals surface area contributed by atoms with Gasteiger partial charge in [-0.1, -0.05) is 122 Å². The first-order valence-electron chi connectivity index (χ1n) is 17.6. The van der Waals surface area contributed by atoms with E-state index >= 15 is 0 Å². The monoisotopic (exact) mass is 667 g/mol. The molecule has 0 aliphatic rings. The molecule has 0 saturated heterocycles. The van der Waals surface area contributed by atoms with E-state index in [-0.39, 0.29) is 0 Å². The molecule has 5 nitrogen and oxygen atoms in total. The molecule has 10 aromatic rings. The van der Waals surface area contributed by atoms with E-state index in [1.165, 1.54) is 32.6 Å². The summed E-state index contributed by atoms with van der Waals surface area (Å²) in [6.45, 7) is 6.29. The third-order valence-electron chi connectivity index (χ3n) is 10.2.